The Morgan fingerprint density at radius 1 is 1.54 bits per heavy atom. The summed E-state index contributed by atoms with van der Waals surface area (Å²) in [7, 11) is 0. The van der Waals surface area contributed by atoms with Crippen molar-refractivity contribution in [3.05, 3.63) is 11.4 Å². The number of hydrogen-bond donors (Lipinski definition) is 1. The van der Waals surface area contributed by atoms with Crippen LogP contribution in [-0.4, -0.2) is 34.2 Å². The summed E-state index contributed by atoms with van der Waals surface area (Å²) in [5.41, 5.74) is 2.12. The molecule has 70 valence electrons. The maximum atomic E-state index is 5.70. The Morgan fingerprint density at radius 2 is 2.46 bits per heavy atom. The molecular formula is C8H12N4O. The van der Waals surface area contributed by atoms with Crippen LogP contribution < -0.4 is 5.32 Å². The lowest BCUT2D eigenvalue weighted by Gasteiger charge is -2.26. The predicted octanol–water partition coefficient (Wildman–Crippen LogP) is -0.370. The summed E-state index contributed by atoms with van der Waals surface area (Å²) in [4.78, 5) is 0. The highest BCUT2D eigenvalue weighted by molar-refractivity contribution is 5.11. The van der Waals surface area contributed by atoms with Gasteiger partial charge in [-0.15, -0.1) is 5.10 Å². The second kappa shape index (κ2) is 2.52. The molecule has 0 radical (unpaired) electrons. The average Bonchev–Trinajstić information content (AvgIpc) is 2.70. The molecule has 0 aromatic carbocycles. The van der Waals surface area contributed by atoms with E-state index in [2.05, 4.69) is 15.6 Å². The maximum Gasteiger partial charge on any atom is 0.0941 e. The Labute approximate surface area is 76.1 Å². The van der Waals surface area contributed by atoms with Gasteiger partial charge in [-0.2, -0.15) is 0 Å². The van der Waals surface area contributed by atoms with Crippen LogP contribution in [0.1, 0.15) is 17.4 Å². The number of fused-ring (bicyclic) bond motifs is 3. The molecule has 0 amide bonds. The van der Waals surface area contributed by atoms with Crippen molar-refractivity contribution >= 4 is 0 Å². The molecule has 3 rings (SSSR count). The molecule has 0 bridgehead atoms. The molecule has 2 atom stereocenters. The van der Waals surface area contributed by atoms with Crippen molar-refractivity contribution < 1.29 is 4.74 Å². The van der Waals surface area contributed by atoms with Crippen LogP contribution in [0.15, 0.2) is 0 Å². The van der Waals surface area contributed by atoms with Crippen molar-refractivity contribution in [2.24, 2.45) is 0 Å². The minimum atomic E-state index is 0.286. The molecule has 1 aromatic rings. The summed E-state index contributed by atoms with van der Waals surface area (Å²) >= 11 is 0. The lowest BCUT2D eigenvalue weighted by Crippen LogP contribution is -2.32. The van der Waals surface area contributed by atoms with E-state index in [0.29, 0.717) is 12.6 Å². The van der Waals surface area contributed by atoms with Gasteiger partial charge in [-0.25, -0.2) is 4.68 Å². The Hall–Kier alpha value is -0.940. The van der Waals surface area contributed by atoms with Gasteiger partial charge in [0.05, 0.1) is 30.1 Å². The number of ether oxygens (including phenoxy) is 1. The lowest BCUT2D eigenvalue weighted by molar-refractivity contribution is -0.00318. The zero-order valence-corrected chi connectivity index (χ0v) is 7.53. The molecule has 13 heavy (non-hydrogen) atoms. The SMILES string of the molecule is Cc1nnn2c1COC1CNCC12. The average molecular weight is 180 g/mol. The topological polar surface area (TPSA) is 52.0 Å². The normalized spacial score (nSPS) is 31.5. The van der Waals surface area contributed by atoms with Gasteiger partial charge in [0.2, 0.25) is 0 Å². The molecule has 0 saturated carbocycles. The van der Waals surface area contributed by atoms with Gasteiger partial charge < -0.3 is 10.1 Å². The largest absolute Gasteiger partial charge is 0.368 e. The minimum absolute atomic E-state index is 0.286. The molecule has 1 saturated heterocycles. The molecule has 2 aliphatic heterocycles. The first-order valence-corrected chi connectivity index (χ1v) is 4.59. The molecule has 1 fully saturated rings. The van der Waals surface area contributed by atoms with Gasteiger partial charge in [-0.05, 0) is 6.92 Å². The zero-order valence-electron chi connectivity index (χ0n) is 7.53. The predicted molar refractivity (Wildman–Crippen MR) is 45.2 cm³/mol. The van der Waals surface area contributed by atoms with Gasteiger partial charge in [0.25, 0.3) is 0 Å². The Morgan fingerprint density at radius 3 is 3.38 bits per heavy atom. The fourth-order valence-corrected chi connectivity index (χ4v) is 2.07. The zero-order chi connectivity index (χ0) is 8.84. The van der Waals surface area contributed by atoms with Crippen molar-refractivity contribution in [2.45, 2.75) is 25.7 Å². The lowest BCUT2D eigenvalue weighted by atomic mass is 10.1. The third-order valence-corrected chi connectivity index (χ3v) is 2.86. The Kier molecular flexibility index (Phi) is 1.45. The van der Waals surface area contributed by atoms with E-state index in [1.807, 2.05) is 11.6 Å². The van der Waals surface area contributed by atoms with E-state index in [0.717, 1.165) is 24.5 Å². The third kappa shape index (κ3) is 0.941. The maximum absolute atomic E-state index is 5.70. The molecule has 1 aromatic heterocycles. The van der Waals surface area contributed by atoms with E-state index < -0.39 is 0 Å². The Bertz CT molecular complexity index is 335. The highest BCUT2D eigenvalue weighted by Gasteiger charge is 2.35. The van der Waals surface area contributed by atoms with Crippen LogP contribution >= 0.6 is 0 Å². The number of aryl methyl sites for hydroxylation is 1. The number of rotatable bonds is 0. The summed E-state index contributed by atoms with van der Waals surface area (Å²) in [6.45, 7) is 4.51. The monoisotopic (exact) mass is 180 g/mol. The van der Waals surface area contributed by atoms with E-state index in [1.165, 1.54) is 0 Å². The number of nitrogens with one attached hydrogen (secondary N) is 1. The smallest absolute Gasteiger partial charge is 0.0941 e. The number of hydrogen-bond acceptors (Lipinski definition) is 4. The quantitative estimate of drug-likeness (QED) is 0.592. The van der Waals surface area contributed by atoms with Crippen LogP contribution in [-0.2, 0) is 11.3 Å². The highest BCUT2D eigenvalue weighted by atomic mass is 16.5. The summed E-state index contributed by atoms with van der Waals surface area (Å²) in [6.07, 6.45) is 0.286. The van der Waals surface area contributed by atoms with Crippen molar-refractivity contribution in [1.29, 1.82) is 0 Å². The molecule has 0 aliphatic carbocycles. The first-order chi connectivity index (χ1) is 6.36. The van der Waals surface area contributed by atoms with Crippen LogP contribution in [0.5, 0.6) is 0 Å². The summed E-state index contributed by atoms with van der Waals surface area (Å²) in [6, 6.07) is 0.352. The van der Waals surface area contributed by atoms with Gasteiger partial charge in [0.15, 0.2) is 0 Å². The van der Waals surface area contributed by atoms with Gasteiger partial charge >= 0.3 is 0 Å². The molecule has 3 heterocycles. The van der Waals surface area contributed by atoms with Gasteiger partial charge in [-0.3, -0.25) is 0 Å². The molecule has 1 N–H and O–H groups in total. The second-order valence-corrected chi connectivity index (χ2v) is 3.64. The third-order valence-electron chi connectivity index (χ3n) is 2.86. The fraction of sp³-hybridized carbons (Fsp3) is 0.750. The van der Waals surface area contributed by atoms with E-state index in [-0.39, 0.29) is 6.10 Å². The molecular weight excluding hydrogens is 168 g/mol. The van der Waals surface area contributed by atoms with E-state index in [4.69, 9.17) is 4.74 Å². The van der Waals surface area contributed by atoms with E-state index >= 15 is 0 Å². The van der Waals surface area contributed by atoms with Crippen LogP contribution in [0, 0.1) is 6.92 Å². The van der Waals surface area contributed by atoms with Gasteiger partial charge in [-0.1, -0.05) is 5.21 Å². The molecule has 5 nitrogen and oxygen atoms in total. The van der Waals surface area contributed by atoms with Crippen LogP contribution in [0.4, 0.5) is 0 Å². The molecule has 2 aliphatic rings. The molecule has 0 spiro atoms. The van der Waals surface area contributed by atoms with Crippen LogP contribution in [0.25, 0.3) is 0 Å². The summed E-state index contributed by atoms with van der Waals surface area (Å²) < 4.78 is 7.72. The number of aromatic nitrogens is 3. The minimum Gasteiger partial charge on any atom is -0.368 e. The second-order valence-electron chi connectivity index (χ2n) is 3.64. The highest BCUT2D eigenvalue weighted by Crippen LogP contribution is 2.26. The first kappa shape index (κ1) is 7.46. The van der Waals surface area contributed by atoms with Crippen molar-refractivity contribution in [3.63, 3.8) is 0 Å². The Balaban J connectivity index is 2.06. The molecule has 5 heteroatoms. The summed E-state index contributed by atoms with van der Waals surface area (Å²) in [5, 5.41) is 11.5. The molecule has 2 unspecified atom stereocenters. The first-order valence-electron chi connectivity index (χ1n) is 4.59. The van der Waals surface area contributed by atoms with Crippen molar-refractivity contribution in [3.8, 4) is 0 Å². The van der Waals surface area contributed by atoms with Gasteiger partial charge in [0.1, 0.15) is 0 Å². The number of nitrogens with zero attached hydrogens (tertiary/aromatic N) is 3. The van der Waals surface area contributed by atoms with Crippen LogP contribution in [0.3, 0.4) is 0 Å². The van der Waals surface area contributed by atoms with Crippen LogP contribution in [0.2, 0.25) is 0 Å². The van der Waals surface area contributed by atoms with Crippen molar-refractivity contribution in [2.75, 3.05) is 13.1 Å². The summed E-state index contributed by atoms with van der Waals surface area (Å²) in [5.74, 6) is 0. The van der Waals surface area contributed by atoms with Crippen molar-refractivity contribution in [1.82, 2.24) is 20.3 Å². The van der Waals surface area contributed by atoms with Gasteiger partial charge in [0, 0.05) is 13.1 Å². The van der Waals surface area contributed by atoms with E-state index in [1.54, 1.807) is 0 Å². The van der Waals surface area contributed by atoms with E-state index in [9.17, 15) is 0 Å². The fourth-order valence-electron chi connectivity index (χ4n) is 2.07. The standard InChI is InChI=1S/C8H12N4O/c1-5-7-4-13-8-3-9-2-6(8)12(7)11-10-5/h6,8-9H,2-4H2,1H3.